The third-order valence-electron chi connectivity index (χ3n) is 3.38. The van der Waals surface area contributed by atoms with Crippen molar-refractivity contribution in [3.05, 3.63) is 29.8 Å². The summed E-state index contributed by atoms with van der Waals surface area (Å²) in [4.78, 5) is 12.4. The lowest BCUT2D eigenvalue weighted by molar-refractivity contribution is 0.0897. The van der Waals surface area contributed by atoms with Crippen molar-refractivity contribution in [3.63, 3.8) is 0 Å². The van der Waals surface area contributed by atoms with Gasteiger partial charge in [0.15, 0.2) is 0 Å². The largest absolute Gasteiger partial charge is 0.491 e. The van der Waals surface area contributed by atoms with Crippen LogP contribution in [0.1, 0.15) is 37.6 Å². The van der Waals surface area contributed by atoms with E-state index in [-0.39, 0.29) is 18.3 Å². The monoisotopic (exact) mass is 344 g/mol. The first-order valence-corrected chi connectivity index (χ1v) is 7.64. The van der Waals surface area contributed by atoms with Gasteiger partial charge in [0.25, 0.3) is 5.91 Å². The van der Waals surface area contributed by atoms with Crippen molar-refractivity contribution < 1.29 is 14.3 Å². The molecule has 0 saturated heterocycles. The molecule has 0 aliphatic rings. The van der Waals surface area contributed by atoms with Gasteiger partial charge in [-0.3, -0.25) is 4.79 Å². The predicted octanol–water partition coefficient (Wildman–Crippen LogP) is 2.63. The van der Waals surface area contributed by atoms with Crippen LogP contribution in [0.2, 0.25) is 0 Å². The Morgan fingerprint density at radius 3 is 2.61 bits per heavy atom. The quantitative estimate of drug-likeness (QED) is 0.675. The Labute approximate surface area is 145 Å². The Bertz CT molecular complexity index is 483. The molecule has 3 N–H and O–H groups in total. The Hall–Kier alpha value is -1.30. The molecular weight excluding hydrogens is 316 g/mol. The minimum absolute atomic E-state index is 0. The number of hydrogen-bond donors (Lipinski definition) is 2. The van der Waals surface area contributed by atoms with Gasteiger partial charge in [-0.2, -0.15) is 0 Å². The van der Waals surface area contributed by atoms with Crippen LogP contribution in [0.25, 0.3) is 0 Å². The summed E-state index contributed by atoms with van der Waals surface area (Å²) in [5.41, 5.74) is 6.00. The fourth-order valence-electron chi connectivity index (χ4n) is 2.40. The van der Waals surface area contributed by atoms with Gasteiger partial charge in [-0.25, -0.2) is 0 Å². The number of hydrogen-bond acceptors (Lipinski definition) is 4. The van der Waals surface area contributed by atoms with Crippen molar-refractivity contribution in [2.45, 2.75) is 32.7 Å². The fraction of sp³-hybridized carbons (Fsp3) is 0.588. The molecule has 5 nitrogen and oxygen atoms in total. The van der Waals surface area contributed by atoms with Crippen LogP contribution in [-0.4, -0.2) is 38.3 Å². The molecule has 6 heteroatoms. The van der Waals surface area contributed by atoms with Gasteiger partial charge < -0.3 is 20.5 Å². The first-order valence-electron chi connectivity index (χ1n) is 7.64. The van der Waals surface area contributed by atoms with Crippen molar-refractivity contribution in [2.75, 3.05) is 26.9 Å². The van der Waals surface area contributed by atoms with Gasteiger partial charge >= 0.3 is 0 Å². The van der Waals surface area contributed by atoms with E-state index in [1.807, 2.05) is 13.0 Å². The lowest BCUT2D eigenvalue weighted by Crippen LogP contribution is -2.52. The lowest BCUT2D eigenvalue weighted by Gasteiger charge is -2.31. The highest BCUT2D eigenvalue weighted by atomic mass is 35.5. The molecule has 0 fully saturated rings. The molecule has 1 rings (SSSR count). The molecule has 0 radical (unpaired) electrons. The molecule has 0 aromatic heterocycles. The molecular formula is C17H29ClN2O3. The summed E-state index contributed by atoms with van der Waals surface area (Å²) >= 11 is 0. The number of amides is 1. The summed E-state index contributed by atoms with van der Waals surface area (Å²) in [5, 5.41) is 3.04. The number of halogens is 1. The summed E-state index contributed by atoms with van der Waals surface area (Å²) in [6, 6.07) is 7.13. The number of nitrogens with one attached hydrogen (secondary N) is 1. The molecule has 132 valence electrons. The Kier molecular flexibility index (Phi) is 9.88. The molecule has 1 unspecified atom stereocenters. The second kappa shape index (κ2) is 10.5. The molecule has 0 aliphatic heterocycles. The van der Waals surface area contributed by atoms with Crippen molar-refractivity contribution in [3.8, 4) is 5.75 Å². The van der Waals surface area contributed by atoms with Crippen LogP contribution in [0.4, 0.5) is 0 Å². The number of ether oxygens (including phenoxy) is 2. The maximum Gasteiger partial charge on any atom is 0.251 e. The minimum Gasteiger partial charge on any atom is -0.491 e. The first-order chi connectivity index (χ1) is 10.4. The number of rotatable bonds is 9. The van der Waals surface area contributed by atoms with Crippen LogP contribution in [0.15, 0.2) is 24.3 Å². The first kappa shape index (κ1) is 21.7. The van der Waals surface area contributed by atoms with Crippen molar-refractivity contribution in [1.29, 1.82) is 0 Å². The zero-order valence-electron chi connectivity index (χ0n) is 14.4. The average Bonchev–Trinajstić information content (AvgIpc) is 2.47. The van der Waals surface area contributed by atoms with Crippen LogP contribution in [0, 0.1) is 5.92 Å². The minimum atomic E-state index is -0.405. The van der Waals surface area contributed by atoms with Gasteiger partial charge in [0, 0.05) is 24.8 Å². The van der Waals surface area contributed by atoms with Gasteiger partial charge in [-0.15, -0.1) is 12.4 Å². The van der Waals surface area contributed by atoms with Crippen molar-refractivity contribution in [2.24, 2.45) is 11.7 Å². The van der Waals surface area contributed by atoms with Crippen LogP contribution >= 0.6 is 12.4 Å². The topological polar surface area (TPSA) is 73.6 Å². The van der Waals surface area contributed by atoms with E-state index in [1.54, 1.807) is 25.3 Å². The third kappa shape index (κ3) is 7.68. The van der Waals surface area contributed by atoms with E-state index in [9.17, 15) is 4.79 Å². The van der Waals surface area contributed by atoms with E-state index in [2.05, 4.69) is 19.2 Å². The normalized spacial score (nSPS) is 13.1. The Morgan fingerprint density at radius 2 is 2.04 bits per heavy atom. The van der Waals surface area contributed by atoms with Crippen molar-refractivity contribution >= 4 is 18.3 Å². The maximum absolute atomic E-state index is 12.4. The van der Waals surface area contributed by atoms with E-state index in [4.69, 9.17) is 15.2 Å². The molecule has 0 heterocycles. The smallest absolute Gasteiger partial charge is 0.251 e. The molecule has 1 amide bonds. The summed E-state index contributed by atoms with van der Waals surface area (Å²) in [7, 11) is 1.62. The summed E-state index contributed by atoms with van der Waals surface area (Å²) in [6.45, 7) is 7.57. The van der Waals surface area contributed by atoms with Gasteiger partial charge in [0.2, 0.25) is 0 Å². The molecule has 0 spiro atoms. The average molecular weight is 345 g/mol. The standard InChI is InChI=1S/C17H28N2O3.ClH/c1-13(2)11-17(3,12-18)19-16(20)14-6-5-7-15(10-14)22-9-8-21-4;/h5-7,10,13H,8-9,11-12,18H2,1-4H3,(H,19,20);1H. The summed E-state index contributed by atoms with van der Waals surface area (Å²) in [5.74, 6) is 0.978. The highest BCUT2D eigenvalue weighted by Gasteiger charge is 2.26. The molecule has 1 atom stereocenters. The summed E-state index contributed by atoms with van der Waals surface area (Å²) < 4.78 is 10.5. The number of nitrogens with two attached hydrogens (primary N) is 1. The number of methoxy groups -OCH3 is 1. The molecule has 0 saturated carbocycles. The van der Waals surface area contributed by atoms with Gasteiger partial charge in [0.1, 0.15) is 12.4 Å². The van der Waals surface area contributed by atoms with Gasteiger partial charge in [0.05, 0.1) is 6.61 Å². The maximum atomic E-state index is 12.4. The Morgan fingerprint density at radius 1 is 1.35 bits per heavy atom. The van der Waals surface area contributed by atoms with E-state index in [1.165, 1.54) is 0 Å². The number of benzene rings is 1. The molecule has 23 heavy (non-hydrogen) atoms. The second-order valence-electron chi connectivity index (χ2n) is 6.19. The van der Waals surface area contributed by atoms with Crippen LogP contribution in [0.5, 0.6) is 5.75 Å². The Balaban J connectivity index is 0.00000484. The fourth-order valence-corrected chi connectivity index (χ4v) is 2.40. The number of carbonyl (C=O) groups excluding carboxylic acids is 1. The van der Waals surface area contributed by atoms with Gasteiger partial charge in [-0.1, -0.05) is 19.9 Å². The third-order valence-corrected chi connectivity index (χ3v) is 3.38. The van der Waals surface area contributed by atoms with Crippen LogP contribution in [-0.2, 0) is 4.74 Å². The van der Waals surface area contributed by atoms with E-state index < -0.39 is 5.54 Å². The zero-order chi connectivity index (χ0) is 16.6. The zero-order valence-corrected chi connectivity index (χ0v) is 15.2. The van der Waals surface area contributed by atoms with Crippen LogP contribution in [0.3, 0.4) is 0 Å². The summed E-state index contributed by atoms with van der Waals surface area (Å²) in [6.07, 6.45) is 0.833. The van der Waals surface area contributed by atoms with E-state index in [0.29, 0.717) is 37.0 Å². The van der Waals surface area contributed by atoms with Gasteiger partial charge in [-0.05, 0) is 37.5 Å². The number of carbonyl (C=O) groups is 1. The van der Waals surface area contributed by atoms with E-state index in [0.717, 1.165) is 6.42 Å². The highest BCUT2D eigenvalue weighted by Crippen LogP contribution is 2.18. The molecule has 1 aromatic carbocycles. The lowest BCUT2D eigenvalue weighted by atomic mass is 9.90. The molecule has 0 aliphatic carbocycles. The predicted molar refractivity (Wildman–Crippen MR) is 95.4 cm³/mol. The second-order valence-corrected chi connectivity index (χ2v) is 6.19. The van der Waals surface area contributed by atoms with Crippen molar-refractivity contribution in [1.82, 2.24) is 5.32 Å². The molecule has 1 aromatic rings. The van der Waals surface area contributed by atoms with E-state index >= 15 is 0 Å². The van der Waals surface area contributed by atoms with Crippen LogP contribution < -0.4 is 15.8 Å². The SMILES string of the molecule is COCCOc1cccc(C(=O)NC(C)(CN)CC(C)C)c1.Cl. The molecule has 0 bridgehead atoms. The highest BCUT2D eigenvalue weighted by molar-refractivity contribution is 5.95.